The lowest BCUT2D eigenvalue weighted by atomic mass is 10.1. The molecule has 0 atom stereocenters. The Balaban J connectivity index is 3.70. The first-order chi connectivity index (χ1) is 6.91. The highest BCUT2D eigenvalue weighted by Crippen LogP contribution is 2.41. The van der Waals surface area contributed by atoms with Gasteiger partial charge in [-0.15, -0.1) is 0 Å². The number of primary amides is 1. The van der Waals surface area contributed by atoms with Crippen LogP contribution in [-0.4, -0.2) is 11.0 Å². The molecule has 15 heavy (non-hydrogen) atoms. The molecule has 0 heterocycles. The summed E-state index contributed by atoms with van der Waals surface area (Å²) in [5.41, 5.74) is 5.04. The summed E-state index contributed by atoms with van der Waals surface area (Å²) in [4.78, 5) is 11.1. The largest absolute Gasteiger partial charge is 0.392 e. The summed E-state index contributed by atoms with van der Waals surface area (Å²) in [5.74, 6) is -0.829. The van der Waals surface area contributed by atoms with Gasteiger partial charge in [-0.1, -0.05) is 46.4 Å². The number of aliphatic hydroxyl groups excluding tert-OH is 1. The first-order valence-electron chi connectivity index (χ1n) is 3.67. The minimum absolute atomic E-state index is 0.0163. The van der Waals surface area contributed by atoms with Crippen LogP contribution in [0.5, 0.6) is 0 Å². The highest BCUT2D eigenvalue weighted by molar-refractivity contribution is 6.53. The van der Waals surface area contributed by atoms with Crippen LogP contribution < -0.4 is 5.73 Å². The molecule has 3 N–H and O–H groups in total. The van der Waals surface area contributed by atoms with Crippen molar-refractivity contribution in [3.63, 3.8) is 0 Å². The minimum atomic E-state index is -0.829. The second-order valence-corrected chi connectivity index (χ2v) is 4.14. The topological polar surface area (TPSA) is 63.3 Å². The van der Waals surface area contributed by atoms with Crippen molar-refractivity contribution in [2.24, 2.45) is 5.73 Å². The number of carbonyl (C=O) groups excluding carboxylic acids is 1. The number of hydrogen-bond acceptors (Lipinski definition) is 2. The van der Waals surface area contributed by atoms with Gasteiger partial charge in [-0.25, -0.2) is 0 Å². The Bertz CT molecular complexity index is 433. The Labute approximate surface area is 106 Å². The van der Waals surface area contributed by atoms with Crippen LogP contribution in [0.1, 0.15) is 15.9 Å². The number of nitrogens with two attached hydrogens (primary N) is 1. The molecule has 0 fully saturated rings. The Morgan fingerprint density at radius 1 is 1.07 bits per heavy atom. The summed E-state index contributed by atoms with van der Waals surface area (Å²) in [5, 5.41) is 8.82. The van der Waals surface area contributed by atoms with E-state index in [4.69, 9.17) is 57.2 Å². The third-order valence-electron chi connectivity index (χ3n) is 1.77. The summed E-state index contributed by atoms with van der Waals surface area (Å²) >= 11 is 23.0. The van der Waals surface area contributed by atoms with Crippen molar-refractivity contribution < 1.29 is 9.90 Å². The molecule has 0 unspecified atom stereocenters. The number of aliphatic hydroxyl groups is 1. The molecule has 0 spiro atoms. The van der Waals surface area contributed by atoms with Gasteiger partial charge in [0.15, 0.2) is 0 Å². The third kappa shape index (κ3) is 2.17. The number of amides is 1. The predicted octanol–water partition coefficient (Wildman–Crippen LogP) is 2.89. The molecule has 0 aliphatic rings. The highest BCUT2D eigenvalue weighted by atomic mass is 35.5. The van der Waals surface area contributed by atoms with E-state index in [9.17, 15) is 4.79 Å². The van der Waals surface area contributed by atoms with E-state index in [0.29, 0.717) is 0 Å². The molecule has 7 heteroatoms. The number of halogens is 4. The number of rotatable bonds is 2. The van der Waals surface area contributed by atoms with Crippen LogP contribution in [-0.2, 0) is 6.61 Å². The van der Waals surface area contributed by atoms with Gasteiger partial charge in [0.1, 0.15) is 0 Å². The van der Waals surface area contributed by atoms with Crippen molar-refractivity contribution >= 4 is 52.3 Å². The zero-order valence-corrected chi connectivity index (χ0v) is 10.2. The fourth-order valence-electron chi connectivity index (χ4n) is 1.08. The normalized spacial score (nSPS) is 10.5. The van der Waals surface area contributed by atoms with Gasteiger partial charge >= 0.3 is 0 Å². The average Bonchev–Trinajstić information content (AvgIpc) is 2.19. The molecule has 1 aromatic carbocycles. The highest BCUT2D eigenvalue weighted by Gasteiger charge is 2.22. The van der Waals surface area contributed by atoms with Crippen LogP contribution in [0, 0.1) is 0 Å². The van der Waals surface area contributed by atoms with Gasteiger partial charge in [0, 0.05) is 5.56 Å². The lowest BCUT2D eigenvalue weighted by Crippen LogP contribution is -2.15. The number of hydrogen-bond donors (Lipinski definition) is 2. The molecule has 0 radical (unpaired) electrons. The molecule has 0 aliphatic heterocycles. The van der Waals surface area contributed by atoms with Crippen LogP contribution in [0.2, 0.25) is 20.1 Å². The van der Waals surface area contributed by atoms with Crippen molar-refractivity contribution in [3.05, 3.63) is 31.2 Å². The van der Waals surface area contributed by atoms with E-state index in [1.54, 1.807) is 0 Å². The first kappa shape index (κ1) is 12.9. The molecule has 0 aromatic heterocycles. The van der Waals surface area contributed by atoms with Gasteiger partial charge in [0.05, 0.1) is 32.3 Å². The second kappa shape index (κ2) is 4.76. The van der Waals surface area contributed by atoms with Crippen LogP contribution in [0.25, 0.3) is 0 Å². The lowest BCUT2D eigenvalue weighted by molar-refractivity contribution is 0.0997. The fourth-order valence-corrected chi connectivity index (χ4v) is 2.13. The van der Waals surface area contributed by atoms with Crippen molar-refractivity contribution in [1.82, 2.24) is 0 Å². The van der Waals surface area contributed by atoms with Crippen LogP contribution in [0.3, 0.4) is 0 Å². The lowest BCUT2D eigenvalue weighted by Gasteiger charge is -2.12. The van der Waals surface area contributed by atoms with E-state index in [1.165, 1.54) is 0 Å². The molecule has 3 nitrogen and oxygen atoms in total. The maximum atomic E-state index is 11.1. The molecule has 1 rings (SSSR count). The maximum absolute atomic E-state index is 11.1. The second-order valence-electron chi connectivity index (χ2n) is 2.63. The monoisotopic (exact) mass is 287 g/mol. The summed E-state index contributed by atoms with van der Waals surface area (Å²) in [6.07, 6.45) is 0. The third-order valence-corrected chi connectivity index (χ3v) is 3.61. The molecule has 0 saturated heterocycles. The van der Waals surface area contributed by atoms with Gasteiger partial charge in [-0.2, -0.15) is 0 Å². The Kier molecular flexibility index (Phi) is 4.09. The standard InChI is InChI=1S/C8H5Cl4NO2/c9-4-2(1-14)3(8(13)15)5(10)7(12)6(4)11/h14H,1H2,(H2,13,15). The van der Waals surface area contributed by atoms with E-state index >= 15 is 0 Å². The zero-order valence-electron chi connectivity index (χ0n) is 7.15. The van der Waals surface area contributed by atoms with Crippen LogP contribution >= 0.6 is 46.4 Å². The van der Waals surface area contributed by atoms with E-state index in [1.807, 2.05) is 0 Å². The Hall–Kier alpha value is -0.190. The summed E-state index contributed by atoms with van der Waals surface area (Å²) in [7, 11) is 0. The molecule has 0 aliphatic carbocycles. The van der Waals surface area contributed by atoms with Crippen LogP contribution in [0.4, 0.5) is 0 Å². The quantitative estimate of drug-likeness (QED) is 0.649. The van der Waals surface area contributed by atoms with E-state index < -0.39 is 12.5 Å². The Morgan fingerprint density at radius 3 is 1.93 bits per heavy atom. The maximum Gasteiger partial charge on any atom is 0.250 e. The molecular formula is C8H5Cl4NO2. The van der Waals surface area contributed by atoms with E-state index in [0.717, 1.165) is 0 Å². The summed E-state index contributed by atoms with van der Waals surface area (Å²) < 4.78 is 0. The summed E-state index contributed by atoms with van der Waals surface area (Å²) in [6.45, 7) is -0.506. The molecule has 1 aromatic rings. The molecular weight excluding hydrogens is 284 g/mol. The first-order valence-corrected chi connectivity index (χ1v) is 5.18. The summed E-state index contributed by atoms with van der Waals surface area (Å²) in [6, 6.07) is 0. The van der Waals surface area contributed by atoms with Gasteiger partial charge in [-0.3, -0.25) is 4.79 Å². The molecule has 0 bridgehead atoms. The minimum Gasteiger partial charge on any atom is -0.392 e. The average molecular weight is 289 g/mol. The number of benzene rings is 1. The van der Waals surface area contributed by atoms with Crippen LogP contribution in [0.15, 0.2) is 0 Å². The van der Waals surface area contributed by atoms with E-state index in [2.05, 4.69) is 0 Å². The SMILES string of the molecule is NC(=O)c1c(Cl)c(Cl)c(Cl)c(Cl)c1CO. The van der Waals surface area contributed by atoms with Crippen molar-refractivity contribution in [1.29, 1.82) is 0 Å². The fraction of sp³-hybridized carbons (Fsp3) is 0.125. The molecule has 82 valence electrons. The van der Waals surface area contributed by atoms with Gasteiger partial charge in [-0.05, 0) is 0 Å². The van der Waals surface area contributed by atoms with E-state index in [-0.39, 0.29) is 31.2 Å². The Morgan fingerprint density at radius 2 is 1.53 bits per heavy atom. The zero-order chi connectivity index (χ0) is 11.7. The predicted molar refractivity (Wildman–Crippen MR) is 60.9 cm³/mol. The van der Waals surface area contributed by atoms with Gasteiger partial charge in [0.2, 0.25) is 0 Å². The smallest absolute Gasteiger partial charge is 0.250 e. The van der Waals surface area contributed by atoms with Gasteiger partial charge in [0.25, 0.3) is 5.91 Å². The van der Waals surface area contributed by atoms with Gasteiger partial charge < -0.3 is 10.8 Å². The number of carbonyl (C=O) groups is 1. The van der Waals surface area contributed by atoms with Crippen molar-refractivity contribution in [2.45, 2.75) is 6.61 Å². The molecule has 1 amide bonds. The molecule has 0 saturated carbocycles. The van der Waals surface area contributed by atoms with Crippen molar-refractivity contribution in [3.8, 4) is 0 Å². The van der Waals surface area contributed by atoms with Crippen molar-refractivity contribution in [2.75, 3.05) is 0 Å².